The van der Waals surface area contributed by atoms with Crippen molar-refractivity contribution in [1.29, 1.82) is 0 Å². The van der Waals surface area contributed by atoms with E-state index in [1.807, 2.05) is 12.1 Å². The first-order valence-corrected chi connectivity index (χ1v) is 4.64. The Morgan fingerprint density at radius 3 is 2.62 bits per heavy atom. The number of nitrogen functional groups attached to an aromatic ring is 1. The van der Waals surface area contributed by atoms with Gasteiger partial charge in [0.25, 0.3) is 0 Å². The Morgan fingerprint density at radius 1 is 1.31 bits per heavy atom. The van der Waals surface area contributed by atoms with Crippen LogP contribution < -0.4 is 5.73 Å². The molecular weight excluding hydrogens is 158 g/mol. The fourth-order valence-corrected chi connectivity index (χ4v) is 1.13. The van der Waals surface area contributed by atoms with Crippen molar-refractivity contribution in [2.75, 3.05) is 5.73 Å². The van der Waals surface area contributed by atoms with Crippen molar-refractivity contribution in [2.45, 2.75) is 20.8 Å². The van der Waals surface area contributed by atoms with E-state index < -0.39 is 0 Å². The van der Waals surface area contributed by atoms with Gasteiger partial charge in [0, 0.05) is 5.69 Å². The molecule has 1 heteroatoms. The van der Waals surface area contributed by atoms with E-state index in [1.54, 1.807) is 0 Å². The third-order valence-corrected chi connectivity index (χ3v) is 1.96. The molecule has 0 fully saturated rings. The van der Waals surface area contributed by atoms with Crippen molar-refractivity contribution in [3.63, 3.8) is 0 Å². The summed E-state index contributed by atoms with van der Waals surface area (Å²) in [6.45, 7) is 6.43. The Morgan fingerprint density at radius 2 is 2.00 bits per heavy atom. The summed E-state index contributed by atoms with van der Waals surface area (Å²) in [5, 5.41) is 0. The molecule has 0 atom stereocenters. The van der Waals surface area contributed by atoms with Gasteiger partial charge in [-0.1, -0.05) is 32.1 Å². The Kier molecular flexibility index (Phi) is 3.13. The van der Waals surface area contributed by atoms with Gasteiger partial charge in [-0.2, -0.15) is 0 Å². The smallest absolute Gasteiger partial charge is 0.0320 e. The van der Waals surface area contributed by atoms with E-state index in [-0.39, 0.29) is 0 Å². The van der Waals surface area contributed by atoms with E-state index in [9.17, 15) is 0 Å². The number of hydrogen-bond acceptors (Lipinski definition) is 1. The Bertz CT molecular complexity index is 311. The van der Waals surface area contributed by atoms with Crippen LogP contribution in [0.1, 0.15) is 25.0 Å². The molecule has 0 aliphatic heterocycles. The van der Waals surface area contributed by atoms with Gasteiger partial charge in [-0.3, -0.25) is 0 Å². The molecule has 1 aromatic rings. The van der Waals surface area contributed by atoms with Crippen LogP contribution in [0.2, 0.25) is 0 Å². The molecule has 0 heterocycles. The highest BCUT2D eigenvalue weighted by molar-refractivity contribution is 5.59. The second-order valence-corrected chi connectivity index (χ2v) is 3.72. The Hall–Kier alpha value is -1.24. The van der Waals surface area contributed by atoms with Gasteiger partial charge in [-0.25, -0.2) is 0 Å². The number of allylic oxidation sites excluding steroid dienone is 1. The summed E-state index contributed by atoms with van der Waals surface area (Å²) in [5.41, 5.74) is 9.01. The van der Waals surface area contributed by atoms with Crippen LogP contribution in [0.4, 0.5) is 5.69 Å². The summed E-state index contributed by atoms with van der Waals surface area (Å²) < 4.78 is 0. The number of rotatable bonds is 2. The number of nitrogens with two attached hydrogens (primary N) is 1. The van der Waals surface area contributed by atoms with Crippen molar-refractivity contribution in [1.82, 2.24) is 0 Å². The molecule has 0 aliphatic carbocycles. The topological polar surface area (TPSA) is 26.0 Å². The van der Waals surface area contributed by atoms with Crippen molar-refractivity contribution in [3.05, 3.63) is 35.4 Å². The van der Waals surface area contributed by atoms with E-state index in [0.717, 1.165) is 5.69 Å². The fraction of sp³-hybridized carbons (Fsp3) is 0.333. The number of hydrogen-bond donors (Lipinski definition) is 1. The third-order valence-electron chi connectivity index (χ3n) is 1.96. The van der Waals surface area contributed by atoms with Crippen LogP contribution >= 0.6 is 0 Å². The molecule has 0 spiro atoms. The summed E-state index contributed by atoms with van der Waals surface area (Å²) in [6.07, 6.45) is 4.32. The highest BCUT2D eigenvalue weighted by Crippen LogP contribution is 2.14. The molecule has 1 nitrogen and oxygen atoms in total. The maximum Gasteiger partial charge on any atom is 0.0320 e. The second kappa shape index (κ2) is 4.13. The Balaban J connectivity index is 2.93. The molecule has 0 saturated heterocycles. The van der Waals surface area contributed by atoms with Crippen LogP contribution in [0.5, 0.6) is 0 Å². The van der Waals surface area contributed by atoms with Gasteiger partial charge in [0.15, 0.2) is 0 Å². The maximum absolute atomic E-state index is 5.70. The second-order valence-electron chi connectivity index (χ2n) is 3.72. The number of aryl methyl sites for hydroxylation is 1. The molecule has 70 valence electrons. The van der Waals surface area contributed by atoms with Gasteiger partial charge in [0.05, 0.1) is 0 Å². The zero-order valence-corrected chi connectivity index (χ0v) is 8.54. The molecule has 0 bridgehead atoms. The molecule has 1 rings (SSSR count). The van der Waals surface area contributed by atoms with Crippen molar-refractivity contribution in [2.24, 2.45) is 5.92 Å². The summed E-state index contributed by atoms with van der Waals surface area (Å²) in [6, 6.07) is 5.99. The zero-order chi connectivity index (χ0) is 9.84. The van der Waals surface area contributed by atoms with Gasteiger partial charge >= 0.3 is 0 Å². The average Bonchev–Trinajstić information content (AvgIpc) is 2.06. The number of benzene rings is 1. The van der Waals surface area contributed by atoms with Crippen LogP contribution in [0.3, 0.4) is 0 Å². The molecule has 2 N–H and O–H groups in total. The molecular formula is C12H17N. The van der Waals surface area contributed by atoms with Crippen molar-refractivity contribution in [3.8, 4) is 0 Å². The molecule has 13 heavy (non-hydrogen) atoms. The lowest BCUT2D eigenvalue weighted by molar-refractivity contribution is 0.836. The third kappa shape index (κ3) is 2.94. The molecule has 0 aromatic heterocycles. The standard InChI is InChI=1S/C12H17N/c1-9(2)4-6-11-8-12(13)7-5-10(11)3/h4-9H,13H2,1-3H3/b6-4-. The minimum Gasteiger partial charge on any atom is -0.399 e. The first kappa shape index (κ1) is 9.85. The van der Waals surface area contributed by atoms with Crippen LogP contribution in [0.25, 0.3) is 6.08 Å². The highest BCUT2D eigenvalue weighted by atomic mass is 14.5. The number of anilines is 1. The summed E-state index contributed by atoms with van der Waals surface area (Å²) in [5.74, 6) is 0.584. The zero-order valence-electron chi connectivity index (χ0n) is 8.54. The van der Waals surface area contributed by atoms with E-state index >= 15 is 0 Å². The molecule has 0 aliphatic rings. The largest absolute Gasteiger partial charge is 0.399 e. The van der Waals surface area contributed by atoms with Crippen LogP contribution in [-0.2, 0) is 0 Å². The summed E-state index contributed by atoms with van der Waals surface area (Å²) in [7, 11) is 0. The van der Waals surface area contributed by atoms with E-state index in [2.05, 4.69) is 39.0 Å². The average molecular weight is 175 g/mol. The van der Waals surface area contributed by atoms with E-state index in [1.165, 1.54) is 11.1 Å². The fourth-order valence-electron chi connectivity index (χ4n) is 1.13. The minimum atomic E-state index is 0.584. The predicted octanol–water partition coefficient (Wildman–Crippen LogP) is 3.25. The molecule has 0 radical (unpaired) electrons. The lowest BCUT2D eigenvalue weighted by Crippen LogP contribution is -1.88. The van der Waals surface area contributed by atoms with Crippen molar-refractivity contribution >= 4 is 11.8 Å². The first-order chi connectivity index (χ1) is 6.09. The summed E-state index contributed by atoms with van der Waals surface area (Å²) in [4.78, 5) is 0. The first-order valence-electron chi connectivity index (χ1n) is 4.64. The lowest BCUT2D eigenvalue weighted by atomic mass is 10.1. The summed E-state index contributed by atoms with van der Waals surface area (Å²) >= 11 is 0. The van der Waals surface area contributed by atoms with Gasteiger partial charge in [-0.15, -0.1) is 0 Å². The van der Waals surface area contributed by atoms with Gasteiger partial charge in [0.1, 0.15) is 0 Å². The molecule has 0 saturated carbocycles. The quantitative estimate of drug-likeness (QED) is 0.686. The van der Waals surface area contributed by atoms with E-state index in [0.29, 0.717) is 5.92 Å². The molecule has 0 amide bonds. The monoisotopic (exact) mass is 175 g/mol. The van der Waals surface area contributed by atoms with Gasteiger partial charge in [0.2, 0.25) is 0 Å². The SMILES string of the molecule is Cc1ccc(N)cc1/C=C\C(C)C. The Labute approximate surface area is 80.3 Å². The van der Waals surface area contributed by atoms with Crippen molar-refractivity contribution < 1.29 is 0 Å². The maximum atomic E-state index is 5.70. The molecule has 0 unspecified atom stereocenters. The van der Waals surface area contributed by atoms with Gasteiger partial charge in [-0.05, 0) is 36.1 Å². The van der Waals surface area contributed by atoms with E-state index in [4.69, 9.17) is 5.73 Å². The normalized spacial score (nSPS) is 11.4. The van der Waals surface area contributed by atoms with Crippen LogP contribution in [0.15, 0.2) is 24.3 Å². The minimum absolute atomic E-state index is 0.584. The predicted molar refractivity (Wildman–Crippen MR) is 59.5 cm³/mol. The molecule has 1 aromatic carbocycles. The van der Waals surface area contributed by atoms with Crippen LogP contribution in [-0.4, -0.2) is 0 Å². The highest BCUT2D eigenvalue weighted by Gasteiger charge is 1.94. The van der Waals surface area contributed by atoms with Gasteiger partial charge < -0.3 is 5.73 Å². The van der Waals surface area contributed by atoms with Crippen LogP contribution in [0, 0.1) is 12.8 Å². The lowest BCUT2D eigenvalue weighted by Gasteiger charge is -2.02.